The summed E-state index contributed by atoms with van der Waals surface area (Å²) in [4.78, 5) is 9.36. The normalized spacial score (nSPS) is 15.9. The lowest BCUT2D eigenvalue weighted by molar-refractivity contribution is 0.400. The monoisotopic (exact) mass is 331 g/mol. The molecule has 2 rings (SSSR count). The largest absolute Gasteiger partial charge is 0.372 e. The smallest absolute Gasteiger partial charge is 0.143 e. The minimum atomic E-state index is 0.611. The average Bonchev–Trinajstić information content (AvgIpc) is 2.20. The molecule has 0 unspecified atom stereocenters. The van der Waals surface area contributed by atoms with Gasteiger partial charge in [-0.05, 0) is 41.9 Å². The summed E-state index contributed by atoms with van der Waals surface area (Å²) in [7, 11) is 1.94. The molecule has 0 amide bonds. The Labute approximate surface area is 111 Å². The summed E-state index contributed by atoms with van der Waals surface area (Å²) in [6.45, 7) is 2.19. The van der Waals surface area contributed by atoms with E-state index in [9.17, 15) is 0 Å². The topological polar surface area (TPSA) is 37.8 Å². The Balaban J connectivity index is 2.34. The number of rotatable bonds is 4. The van der Waals surface area contributed by atoms with Crippen LogP contribution in [-0.4, -0.2) is 17.0 Å². The molecule has 0 saturated heterocycles. The van der Waals surface area contributed by atoms with Crippen molar-refractivity contribution in [1.82, 2.24) is 9.97 Å². The molecule has 4 heteroatoms. The molecule has 1 heterocycles. The van der Waals surface area contributed by atoms with Crippen molar-refractivity contribution < 1.29 is 0 Å². The van der Waals surface area contributed by atoms with Crippen molar-refractivity contribution >= 4 is 28.4 Å². The Morgan fingerprint density at radius 1 is 1.38 bits per heavy atom. The number of halogens is 1. The van der Waals surface area contributed by atoms with Gasteiger partial charge in [0.05, 0.1) is 9.26 Å². The summed E-state index contributed by atoms with van der Waals surface area (Å²) in [5, 5.41) is 3.18. The van der Waals surface area contributed by atoms with E-state index >= 15 is 0 Å². The lowest BCUT2D eigenvalue weighted by Gasteiger charge is -2.25. The number of hydrogen-bond donors (Lipinski definition) is 1. The third-order valence-corrected chi connectivity index (χ3v) is 4.26. The zero-order valence-electron chi connectivity index (χ0n) is 9.89. The van der Waals surface area contributed by atoms with Crippen molar-refractivity contribution in [1.29, 1.82) is 0 Å². The summed E-state index contributed by atoms with van der Waals surface area (Å²) in [6.07, 6.45) is 6.04. The lowest BCUT2D eigenvalue weighted by atomic mass is 9.85. The van der Waals surface area contributed by atoms with E-state index in [0.717, 1.165) is 24.5 Å². The summed E-state index contributed by atoms with van der Waals surface area (Å²) in [5.74, 6) is 2.67. The lowest BCUT2D eigenvalue weighted by Crippen LogP contribution is -2.16. The maximum Gasteiger partial charge on any atom is 0.143 e. The molecule has 3 nitrogen and oxygen atoms in total. The molecule has 0 aromatic carbocycles. The highest BCUT2D eigenvalue weighted by Crippen LogP contribution is 2.35. The average molecular weight is 331 g/mol. The van der Waals surface area contributed by atoms with Gasteiger partial charge in [-0.3, -0.25) is 0 Å². The van der Waals surface area contributed by atoms with E-state index in [2.05, 4.69) is 39.8 Å². The SMILES string of the molecule is CCCc1nc(C2CCC2)nc(NC)c1I. The highest BCUT2D eigenvalue weighted by molar-refractivity contribution is 14.1. The molecule has 0 radical (unpaired) electrons. The maximum absolute atomic E-state index is 4.73. The highest BCUT2D eigenvalue weighted by atomic mass is 127. The standard InChI is InChI=1S/C12H18IN3/c1-3-5-9-10(13)12(14-2)16-11(15-9)8-6-4-7-8/h8H,3-7H2,1-2H3,(H,14,15,16). The molecule has 1 aromatic rings. The van der Waals surface area contributed by atoms with E-state index in [1.54, 1.807) is 0 Å². The van der Waals surface area contributed by atoms with Crippen LogP contribution in [0.25, 0.3) is 0 Å². The Morgan fingerprint density at radius 3 is 2.62 bits per heavy atom. The minimum absolute atomic E-state index is 0.611. The second-order valence-electron chi connectivity index (χ2n) is 4.32. The fraction of sp³-hybridized carbons (Fsp3) is 0.667. The number of hydrogen-bond acceptors (Lipinski definition) is 3. The zero-order valence-corrected chi connectivity index (χ0v) is 12.0. The van der Waals surface area contributed by atoms with Gasteiger partial charge < -0.3 is 5.32 Å². The van der Waals surface area contributed by atoms with Gasteiger partial charge in [0.2, 0.25) is 0 Å². The molecule has 88 valence electrons. The van der Waals surface area contributed by atoms with Crippen LogP contribution in [0, 0.1) is 3.57 Å². The molecule has 0 aliphatic heterocycles. The van der Waals surface area contributed by atoms with Gasteiger partial charge in [-0.1, -0.05) is 19.8 Å². The van der Waals surface area contributed by atoms with E-state index in [4.69, 9.17) is 4.98 Å². The first-order chi connectivity index (χ1) is 7.76. The third-order valence-electron chi connectivity index (χ3n) is 3.13. The minimum Gasteiger partial charge on any atom is -0.372 e. The van der Waals surface area contributed by atoms with Gasteiger partial charge in [-0.25, -0.2) is 9.97 Å². The first-order valence-electron chi connectivity index (χ1n) is 6.00. The molecular weight excluding hydrogens is 313 g/mol. The Morgan fingerprint density at radius 2 is 2.12 bits per heavy atom. The third kappa shape index (κ3) is 2.31. The molecule has 1 N–H and O–H groups in total. The van der Waals surface area contributed by atoms with Crippen molar-refractivity contribution in [3.8, 4) is 0 Å². The molecule has 0 atom stereocenters. The first kappa shape index (κ1) is 12.1. The second-order valence-corrected chi connectivity index (χ2v) is 5.40. The number of aromatic nitrogens is 2. The van der Waals surface area contributed by atoms with Crippen molar-refractivity contribution in [2.75, 3.05) is 12.4 Å². The summed E-state index contributed by atoms with van der Waals surface area (Å²) >= 11 is 2.35. The second kappa shape index (κ2) is 5.29. The van der Waals surface area contributed by atoms with Crippen LogP contribution >= 0.6 is 22.6 Å². The van der Waals surface area contributed by atoms with E-state index < -0.39 is 0 Å². The van der Waals surface area contributed by atoms with Crippen LogP contribution in [0.15, 0.2) is 0 Å². The summed E-state index contributed by atoms with van der Waals surface area (Å²) in [6, 6.07) is 0. The van der Waals surface area contributed by atoms with Gasteiger partial charge in [0.1, 0.15) is 11.6 Å². The van der Waals surface area contributed by atoms with Gasteiger partial charge in [0.25, 0.3) is 0 Å². The first-order valence-corrected chi connectivity index (χ1v) is 7.08. The Kier molecular flexibility index (Phi) is 4.00. The zero-order chi connectivity index (χ0) is 11.5. The molecule has 1 saturated carbocycles. The molecule has 0 spiro atoms. The Hall–Kier alpha value is -0.390. The van der Waals surface area contributed by atoms with Crippen LogP contribution in [0.5, 0.6) is 0 Å². The molecule has 1 fully saturated rings. The van der Waals surface area contributed by atoms with Gasteiger partial charge in [-0.2, -0.15) is 0 Å². The summed E-state index contributed by atoms with van der Waals surface area (Å²) in [5.41, 5.74) is 1.21. The fourth-order valence-corrected chi connectivity index (χ4v) is 2.71. The number of anilines is 1. The molecule has 1 aromatic heterocycles. The van der Waals surface area contributed by atoms with Crippen LogP contribution in [0.3, 0.4) is 0 Å². The molecular formula is C12H18IN3. The fourth-order valence-electron chi connectivity index (χ4n) is 1.93. The van der Waals surface area contributed by atoms with E-state index in [1.807, 2.05) is 7.05 Å². The highest BCUT2D eigenvalue weighted by Gasteiger charge is 2.24. The summed E-state index contributed by atoms with van der Waals surface area (Å²) < 4.78 is 1.19. The molecule has 1 aliphatic rings. The van der Waals surface area contributed by atoms with Crippen LogP contribution in [0.4, 0.5) is 5.82 Å². The van der Waals surface area contributed by atoms with Gasteiger partial charge in [-0.15, -0.1) is 0 Å². The van der Waals surface area contributed by atoms with E-state index in [-0.39, 0.29) is 0 Å². The molecule has 0 bridgehead atoms. The quantitative estimate of drug-likeness (QED) is 0.860. The number of nitrogens with zero attached hydrogens (tertiary/aromatic N) is 2. The van der Waals surface area contributed by atoms with Gasteiger partial charge in [0.15, 0.2) is 0 Å². The van der Waals surface area contributed by atoms with Crippen LogP contribution in [-0.2, 0) is 6.42 Å². The molecule has 1 aliphatic carbocycles. The maximum atomic E-state index is 4.73. The van der Waals surface area contributed by atoms with Crippen molar-refractivity contribution in [2.24, 2.45) is 0 Å². The predicted octanol–water partition coefficient (Wildman–Crippen LogP) is 3.34. The van der Waals surface area contributed by atoms with Crippen LogP contribution in [0.2, 0.25) is 0 Å². The van der Waals surface area contributed by atoms with Crippen molar-refractivity contribution in [3.05, 3.63) is 15.1 Å². The van der Waals surface area contributed by atoms with Gasteiger partial charge in [0, 0.05) is 13.0 Å². The van der Waals surface area contributed by atoms with Gasteiger partial charge >= 0.3 is 0 Å². The molecule has 16 heavy (non-hydrogen) atoms. The van der Waals surface area contributed by atoms with Crippen molar-refractivity contribution in [3.63, 3.8) is 0 Å². The predicted molar refractivity (Wildman–Crippen MR) is 74.9 cm³/mol. The van der Waals surface area contributed by atoms with E-state index in [0.29, 0.717) is 5.92 Å². The van der Waals surface area contributed by atoms with Crippen LogP contribution < -0.4 is 5.32 Å². The van der Waals surface area contributed by atoms with Crippen LogP contribution in [0.1, 0.15) is 50.0 Å². The number of aryl methyl sites for hydroxylation is 1. The number of nitrogens with one attached hydrogen (secondary N) is 1. The van der Waals surface area contributed by atoms with E-state index in [1.165, 1.54) is 28.5 Å². The van der Waals surface area contributed by atoms with Crippen molar-refractivity contribution in [2.45, 2.75) is 44.9 Å². The Bertz CT molecular complexity index is 375.